The second kappa shape index (κ2) is 5.00. The Kier molecular flexibility index (Phi) is 3.92. The molecule has 0 saturated carbocycles. The first kappa shape index (κ1) is 12.5. The number of halogens is 2. The molecule has 16 heavy (non-hydrogen) atoms. The van der Waals surface area contributed by atoms with Gasteiger partial charge in [0.1, 0.15) is 5.88 Å². The molecular weight excluding hydrogens is 259 g/mol. The van der Waals surface area contributed by atoms with Gasteiger partial charge in [0.2, 0.25) is 5.91 Å². The van der Waals surface area contributed by atoms with Crippen molar-refractivity contribution < 1.29 is 14.8 Å². The lowest BCUT2D eigenvalue weighted by atomic mass is 10.2. The number of nitro benzene ring substituents is 1. The number of nitrogens with one attached hydrogen (secondary N) is 1. The zero-order valence-corrected chi connectivity index (χ0v) is 9.25. The van der Waals surface area contributed by atoms with Gasteiger partial charge in [-0.3, -0.25) is 14.9 Å². The second-order valence-corrected chi connectivity index (χ2v) is 3.44. The van der Waals surface area contributed by atoms with Gasteiger partial charge in [-0.1, -0.05) is 11.6 Å². The van der Waals surface area contributed by atoms with Crippen LogP contribution in [0.5, 0.6) is 5.75 Å². The van der Waals surface area contributed by atoms with Gasteiger partial charge in [0.05, 0.1) is 15.6 Å². The number of non-ortho nitro benzene ring substituents is 1. The number of hydrogen-bond donors (Lipinski definition) is 2. The molecule has 0 spiro atoms. The van der Waals surface area contributed by atoms with Crippen molar-refractivity contribution >= 4 is 40.5 Å². The van der Waals surface area contributed by atoms with Crippen molar-refractivity contribution in [2.45, 2.75) is 0 Å². The van der Waals surface area contributed by atoms with Crippen LogP contribution in [-0.2, 0) is 4.79 Å². The van der Waals surface area contributed by atoms with Gasteiger partial charge in [-0.15, -0.1) is 11.6 Å². The van der Waals surface area contributed by atoms with Crippen molar-refractivity contribution in [1.29, 1.82) is 0 Å². The summed E-state index contributed by atoms with van der Waals surface area (Å²) in [6.45, 7) is 0. The number of rotatable bonds is 3. The van der Waals surface area contributed by atoms with E-state index >= 15 is 0 Å². The second-order valence-electron chi connectivity index (χ2n) is 2.76. The van der Waals surface area contributed by atoms with Crippen LogP contribution in [0.25, 0.3) is 0 Å². The lowest BCUT2D eigenvalue weighted by molar-refractivity contribution is -0.384. The van der Waals surface area contributed by atoms with Crippen LogP contribution >= 0.6 is 23.2 Å². The highest BCUT2D eigenvalue weighted by Crippen LogP contribution is 2.35. The Bertz CT molecular complexity index is 450. The molecular formula is C8H6Cl2N2O4. The van der Waals surface area contributed by atoms with E-state index in [1.165, 1.54) is 0 Å². The van der Waals surface area contributed by atoms with Crippen LogP contribution in [0.15, 0.2) is 12.1 Å². The number of aromatic hydroxyl groups is 1. The summed E-state index contributed by atoms with van der Waals surface area (Å²) in [7, 11) is 0. The summed E-state index contributed by atoms with van der Waals surface area (Å²) < 4.78 is 0. The minimum Gasteiger partial charge on any atom is -0.504 e. The number of alkyl halides is 1. The molecule has 8 heteroatoms. The minimum atomic E-state index is -0.693. The van der Waals surface area contributed by atoms with Gasteiger partial charge in [0.15, 0.2) is 5.75 Å². The Morgan fingerprint density at radius 2 is 2.19 bits per heavy atom. The largest absolute Gasteiger partial charge is 0.504 e. The Labute approximate surface area is 99.9 Å². The summed E-state index contributed by atoms with van der Waals surface area (Å²) in [4.78, 5) is 20.8. The van der Waals surface area contributed by atoms with Gasteiger partial charge in [-0.05, 0) is 0 Å². The Morgan fingerprint density at radius 3 is 2.69 bits per heavy atom. The number of nitrogens with zero attached hydrogens (tertiary/aromatic N) is 1. The molecule has 0 aliphatic heterocycles. The number of anilines is 1. The van der Waals surface area contributed by atoms with Crippen LogP contribution in [0.3, 0.4) is 0 Å². The lowest BCUT2D eigenvalue weighted by Crippen LogP contribution is -2.12. The van der Waals surface area contributed by atoms with Crippen molar-refractivity contribution in [1.82, 2.24) is 0 Å². The molecule has 0 saturated heterocycles. The maximum Gasteiger partial charge on any atom is 0.273 e. The Morgan fingerprint density at radius 1 is 1.56 bits per heavy atom. The molecule has 1 amide bonds. The fourth-order valence-electron chi connectivity index (χ4n) is 0.969. The summed E-state index contributed by atoms with van der Waals surface area (Å²) in [6.07, 6.45) is 0. The van der Waals surface area contributed by atoms with E-state index in [0.29, 0.717) is 0 Å². The van der Waals surface area contributed by atoms with Crippen molar-refractivity contribution in [2.75, 3.05) is 11.2 Å². The van der Waals surface area contributed by atoms with E-state index in [1.54, 1.807) is 0 Å². The predicted octanol–water partition coefficient (Wildman–Crippen LogP) is 2.13. The van der Waals surface area contributed by atoms with E-state index in [-0.39, 0.29) is 22.3 Å². The van der Waals surface area contributed by atoms with Crippen LogP contribution in [0.1, 0.15) is 0 Å². The molecule has 2 N–H and O–H groups in total. The normalized spacial score (nSPS) is 9.88. The first-order valence-electron chi connectivity index (χ1n) is 3.98. The molecule has 1 aromatic carbocycles. The molecule has 1 aromatic rings. The molecule has 0 aliphatic rings. The molecule has 0 unspecified atom stereocenters. The van der Waals surface area contributed by atoms with E-state index in [9.17, 15) is 20.0 Å². The van der Waals surface area contributed by atoms with Crippen LogP contribution in [-0.4, -0.2) is 21.8 Å². The van der Waals surface area contributed by atoms with Gasteiger partial charge in [-0.25, -0.2) is 0 Å². The number of carbonyl (C=O) groups excluding carboxylic acids is 1. The fourth-order valence-corrected chi connectivity index (χ4v) is 1.25. The first-order chi connectivity index (χ1) is 7.45. The van der Waals surface area contributed by atoms with E-state index in [0.717, 1.165) is 12.1 Å². The smallest absolute Gasteiger partial charge is 0.273 e. The molecule has 0 aromatic heterocycles. The average Bonchev–Trinajstić information content (AvgIpc) is 2.23. The fraction of sp³-hybridized carbons (Fsp3) is 0.125. The molecule has 0 fully saturated rings. The number of nitro groups is 1. The maximum absolute atomic E-state index is 11.0. The standard InChI is InChI=1S/C8H6Cl2N2O4/c9-3-7(13)11-6-2-4(12(15)16)1-5(10)8(6)14/h1-2,14H,3H2,(H,11,13). The van der Waals surface area contributed by atoms with Gasteiger partial charge in [0.25, 0.3) is 5.69 Å². The van der Waals surface area contributed by atoms with Gasteiger partial charge < -0.3 is 10.4 Å². The highest BCUT2D eigenvalue weighted by molar-refractivity contribution is 6.33. The summed E-state index contributed by atoms with van der Waals surface area (Å²) >= 11 is 10.8. The van der Waals surface area contributed by atoms with Gasteiger partial charge in [0, 0.05) is 12.1 Å². The zero-order chi connectivity index (χ0) is 12.3. The van der Waals surface area contributed by atoms with Crippen molar-refractivity contribution in [3.8, 4) is 5.75 Å². The first-order valence-corrected chi connectivity index (χ1v) is 4.89. The highest BCUT2D eigenvalue weighted by Gasteiger charge is 2.16. The lowest BCUT2D eigenvalue weighted by Gasteiger charge is -2.06. The molecule has 6 nitrogen and oxygen atoms in total. The molecule has 0 aliphatic carbocycles. The van der Waals surface area contributed by atoms with Crippen LogP contribution in [0.2, 0.25) is 5.02 Å². The van der Waals surface area contributed by atoms with Crippen molar-refractivity contribution in [3.05, 3.63) is 27.3 Å². The van der Waals surface area contributed by atoms with Crippen LogP contribution < -0.4 is 5.32 Å². The molecule has 0 radical (unpaired) electrons. The molecule has 1 rings (SSSR count). The summed E-state index contributed by atoms with van der Waals surface area (Å²) in [5.41, 5.74) is -0.488. The SMILES string of the molecule is O=C(CCl)Nc1cc([N+](=O)[O-])cc(Cl)c1O. The van der Waals surface area contributed by atoms with E-state index in [4.69, 9.17) is 23.2 Å². The van der Waals surface area contributed by atoms with E-state index < -0.39 is 16.6 Å². The van der Waals surface area contributed by atoms with Gasteiger partial charge in [-0.2, -0.15) is 0 Å². The third kappa shape index (κ3) is 2.74. The monoisotopic (exact) mass is 264 g/mol. The summed E-state index contributed by atoms with van der Waals surface area (Å²) in [5.74, 6) is -1.38. The van der Waals surface area contributed by atoms with Crippen LogP contribution in [0, 0.1) is 10.1 Å². The number of amides is 1. The number of benzene rings is 1. The van der Waals surface area contributed by atoms with Gasteiger partial charge >= 0.3 is 0 Å². The third-order valence-electron chi connectivity index (χ3n) is 1.65. The summed E-state index contributed by atoms with van der Waals surface area (Å²) in [6, 6.07) is 1.97. The minimum absolute atomic E-state index is 0.148. The predicted molar refractivity (Wildman–Crippen MR) is 59.1 cm³/mol. The van der Waals surface area contributed by atoms with E-state index in [2.05, 4.69) is 5.32 Å². The quantitative estimate of drug-likeness (QED) is 0.379. The molecule has 0 heterocycles. The molecule has 86 valence electrons. The van der Waals surface area contributed by atoms with Crippen molar-refractivity contribution in [2.24, 2.45) is 0 Å². The Balaban J connectivity index is 3.16. The number of carbonyl (C=O) groups is 1. The number of hydrogen-bond acceptors (Lipinski definition) is 4. The molecule has 0 atom stereocenters. The molecule has 0 bridgehead atoms. The zero-order valence-electron chi connectivity index (χ0n) is 7.74. The Hall–Kier alpha value is -1.53. The maximum atomic E-state index is 11.0. The number of phenols is 1. The topological polar surface area (TPSA) is 92.5 Å². The average molecular weight is 265 g/mol. The third-order valence-corrected chi connectivity index (χ3v) is 2.19. The van der Waals surface area contributed by atoms with Crippen LogP contribution in [0.4, 0.5) is 11.4 Å². The highest BCUT2D eigenvalue weighted by atomic mass is 35.5. The van der Waals surface area contributed by atoms with Crippen molar-refractivity contribution in [3.63, 3.8) is 0 Å². The number of phenolic OH excluding ortho intramolecular Hbond substituents is 1. The summed E-state index contributed by atoms with van der Waals surface area (Å²) in [5, 5.41) is 21.9. The van der Waals surface area contributed by atoms with E-state index in [1.807, 2.05) is 0 Å².